The first kappa shape index (κ1) is 16.7. The average molecular weight is 417 g/mol. The molecular weight excluding hydrogens is 396 g/mol. The van der Waals surface area contributed by atoms with Crippen molar-refractivity contribution in [3.63, 3.8) is 0 Å². The van der Waals surface area contributed by atoms with Crippen molar-refractivity contribution in [1.82, 2.24) is 0 Å². The molecule has 33 heavy (non-hydrogen) atoms. The minimum absolute atomic E-state index is 0.0887. The summed E-state index contributed by atoms with van der Waals surface area (Å²) in [6, 6.07) is 36.9. The van der Waals surface area contributed by atoms with Crippen molar-refractivity contribution in [3.8, 4) is 22.3 Å². The van der Waals surface area contributed by atoms with Crippen LogP contribution in [0.4, 0.5) is 0 Å². The van der Waals surface area contributed by atoms with Gasteiger partial charge in [-0.2, -0.15) is 0 Å². The van der Waals surface area contributed by atoms with E-state index in [9.17, 15) is 0 Å². The van der Waals surface area contributed by atoms with E-state index in [1.54, 1.807) is 16.7 Å². The zero-order chi connectivity index (χ0) is 21.3. The van der Waals surface area contributed by atoms with Gasteiger partial charge in [-0.05, 0) is 96.5 Å². The predicted molar refractivity (Wildman–Crippen MR) is 136 cm³/mol. The minimum Gasteiger partial charge on any atom is -0.0620 e. The van der Waals surface area contributed by atoms with Gasteiger partial charge in [-0.3, -0.25) is 0 Å². The third-order valence-corrected chi connectivity index (χ3v) is 8.72. The Balaban J connectivity index is 1.59. The van der Waals surface area contributed by atoms with Crippen LogP contribution in [0.25, 0.3) is 44.2 Å². The first-order valence-electron chi connectivity index (χ1n) is 12.0. The Labute approximate surface area is 192 Å². The number of hydrogen-bond donors (Lipinski definition) is 0. The molecule has 4 aliphatic carbocycles. The second-order valence-corrected chi connectivity index (χ2v) is 10.1. The summed E-state index contributed by atoms with van der Waals surface area (Å²) in [5.74, 6) is 0. The molecule has 0 fully saturated rings. The minimum atomic E-state index is -0.0887. The summed E-state index contributed by atoms with van der Waals surface area (Å²) in [6.45, 7) is 0. The molecule has 5 aromatic carbocycles. The van der Waals surface area contributed by atoms with Gasteiger partial charge in [-0.1, -0.05) is 91.0 Å². The number of rotatable bonds is 0. The molecule has 9 rings (SSSR count). The maximum Gasteiger partial charge on any atom is 0.0519 e. The van der Waals surface area contributed by atoms with Crippen molar-refractivity contribution in [3.05, 3.63) is 130 Å². The third-order valence-electron chi connectivity index (χ3n) is 8.72. The van der Waals surface area contributed by atoms with Gasteiger partial charge in [0.15, 0.2) is 0 Å². The Morgan fingerprint density at radius 2 is 1.33 bits per heavy atom. The lowest BCUT2D eigenvalue weighted by molar-refractivity contribution is 0.667. The molecule has 152 valence electrons. The van der Waals surface area contributed by atoms with E-state index in [-0.39, 0.29) is 5.41 Å². The van der Waals surface area contributed by atoms with E-state index in [1.165, 1.54) is 60.8 Å². The number of allylic oxidation sites excluding steroid dienone is 2. The average Bonchev–Trinajstić information content (AvgIpc) is 3.40. The summed E-state index contributed by atoms with van der Waals surface area (Å²) in [4.78, 5) is 0. The van der Waals surface area contributed by atoms with E-state index in [2.05, 4.69) is 97.1 Å². The molecule has 0 nitrogen and oxygen atoms in total. The lowest BCUT2D eigenvalue weighted by Gasteiger charge is -2.44. The van der Waals surface area contributed by atoms with E-state index in [0.717, 1.165) is 12.8 Å². The van der Waals surface area contributed by atoms with Gasteiger partial charge in [0.05, 0.1) is 5.41 Å². The first-order valence-corrected chi connectivity index (χ1v) is 12.0. The van der Waals surface area contributed by atoms with Gasteiger partial charge in [0, 0.05) is 0 Å². The van der Waals surface area contributed by atoms with Crippen molar-refractivity contribution >= 4 is 21.9 Å². The van der Waals surface area contributed by atoms with Gasteiger partial charge >= 0.3 is 0 Å². The molecule has 4 aliphatic rings. The van der Waals surface area contributed by atoms with Crippen molar-refractivity contribution in [2.75, 3.05) is 0 Å². The Hall–Kier alpha value is -3.90. The standard InChI is InChI=1S/C33H20/c1-4-12-23-19(8-1)16-27-24-14-7-10-20-17-26-22-11-3-2-9-21(22)18-33(31(26)29(20)24)28-15-6-5-13-25(28)30(23)32(27)33/h1-16H,17-18H2. The molecule has 1 unspecified atom stereocenters. The summed E-state index contributed by atoms with van der Waals surface area (Å²) in [6.07, 6.45) is 2.09. The maximum atomic E-state index is 2.48. The maximum absolute atomic E-state index is 2.48. The van der Waals surface area contributed by atoms with E-state index in [0.29, 0.717) is 0 Å². The molecule has 0 heteroatoms. The summed E-state index contributed by atoms with van der Waals surface area (Å²) in [7, 11) is 0. The van der Waals surface area contributed by atoms with Gasteiger partial charge < -0.3 is 0 Å². The fraction of sp³-hybridized carbons (Fsp3) is 0.0909. The van der Waals surface area contributed by atoms with Gasteiger partial charge in [-0.15, -0.1) is 0 Å². The van der Waals surface area contributed by atoms with Crippen LogP contribution in [0.2, 0.25) is 0 Å². The van der Waals surface area contributed by atoms with Crippen molar-refractivity contribution in [2.24, 2.45) is 0 Å². The zero-order valence-electron chi connectivity index (χ0n) is 18.2. The zero-order valence-corrected chi connectivity index (χ0v) is 18.2. The lowest BCUT2D eigenvalue weighted by atomic mass is 9.58. The topological polar surface area (TPSA) is 0 Å². The quantitative estimate of drug-likeness (QED) is 0.241. The second-order valence-electron chi connectivity index (χ2n) is 10.1. The van der Waals surface area contributed by atoms with E-state index >= 15 is 0 Å². The first-order chi connectivity index (χ1) is 16.4. The highest BCUT2D eigenvalue weighted by molar-refractivity contribution is 6.18. The Morgan fingerprint density at radius 3 is 2.30 bits per heavy atom. The van der Waals surface area contributed by atoms with Crippen molar-refractivity contribution in [2.45, 2.75) is 18.3 Å². The highest BCUT2D eigenvalue weighted by Crippen LogP contribution is 2.69. The molecule has 0 bridgehead atoms. The van der Waals surface area contributed by atoms with E-state index < -0.39 is 0 Å². The van der Waals surface area contributed by atoms with Gasteiger partial charge in [-0.25, -0.2) is 0 Å². The van der Waals surface area contributed by atoms with Gasteiger partial charge in [0.25, 0.3) is 0 Å². The molecule has 0 heterocycles. The Morgan fingerprint density at radius 1 is 0.576 bits per heavy atom. The molecule has 0 aliphatic heterocycles. The summed E-state index contributed by atoms with van der Waals surface area (Å²) >= 11 is 0. The lowest BCUT2D eigenvalue weighted by Crippen LogP contribution is -2.35. The van der Waals surface area contributed by atoms with E-state index in [1.807, 2.05) is 0 Å². The highest BCUT2D eigenvalue weighted by atomic mass is 14.6. The third kappa shape index (κ3) is 1.70. The van der Waals surface area contributed by atoms with Crippen molar-refractivity contribution < 1.29 is 0 Å². The molecule has 1 atom stereocenters. The monoisotopic (exact) mass is 416 g/mol. The largest absolute Gasteiger partial charge is 0.0620 e. The van der Waals surface area contributed by atoms with E-state index in [4.69, 9.17) is 0 Å². The highest BCUT2D eigenvalue weighted by Gasteiger charge is 2.55. The van der Waals surface area contributed by atoms with Crippen LogP contribution in [0.1, 0.15) is 33.4 Å². The molecule has 0 radical (unpaired) electrons. The number of hydrogen-bond acceptors (Lipinski definition) is 0. The fourth-order valence-corrected chi connectivity index (χ4v) is 7.67. The second kappa shape index (κ2) is 5.35. The SMILES string of the molecule is c1ccc2c(c1)CC13C4=C2Cc2cccc(c24)-c2cc4ccccc4c(c21)-c1ccccc13. The number of fused-ring (bicyclic) bond motifs is 7. The van der Waals surface area contributed by atoms with Gasteiger partial charge in [0.1, 0.15) is 0 Å². The smallest absolute Gasteiger partial charge is 0.0519 e. The molecule has 5 aromatic rings. The van der Waals surface area contributed by atoms with Crippen LogP contribution in [0, 0.1) is 0 Å². The van der Waals surface area contributed by atoms with Crippen molar-refractivity contribution in [1.29, 1.82) is 0 Å². The van der Waals surface area contributed by atoms with Crippen LogP contribution in [0.15, 0.2) is 97.1 Å². The van der Waals surface area contributed by atoms with Crippen LogP contribution in [0.5, 0.6) is 0 Å². The molecule has 0 N–H and O–H groups in total. The molecule has 1 spiro atoms. The summed E-state index contributed by atoms with van der Waals surface area (Å²) in [5, 5.41) is 2.73. The van der Waals surface area contributed by atoms with Crippen LogP contribution in [0.3, 0.4) is 0 Å². The van der Waals surface area contributed by atoms with Crippen LogP contribution in [-0.2, 0) is 18.3 Å². The molecule has 0 amide bonds. The predicted octanol–water partition coefficient (Wildman–Crippen LogP) is 7.81. The van der Waals surface area contributed by atoms with Crippen LogP contribution < -0.4 is 0 Å². The summed E-state index contributed by atoms with van der Waals surface area (Å²) in [5.41, 5.74) is 17.9. The fourth-order valence-electron chi connectivity index (χ4n) is 7.67. The number of benzene rings is 5. The molecule has 0 aromatic heterocycles. The molecule has 0 saturated heterocycles. The van der Waals surface area contributed by atoms with Gasteiger partial charge in [0.2, 0.25) is 0 Å². The summed E-state index contributed by atoms with van der Waals surface area (Å²) < 4.78 is 0. The Bertz CT molecular complexity index is 1760. The van der Waals surface area contributed by atoms with Crippen LogP contribution in [-0.4, -0.2) is 0 Å². The Kier molecular flexibility index (Phi) is 2.71. The normalized spacial score (nSPS) is 19.9. The molecule has 0 saturated carbocycles. The van der Waals surface area contributed by atoms with Crippen LogP contribution >= 0.6 is 0 Å². The molecular formula is C33H20.